The molecule has 86 valence electrons. The third kappa shape index (κ3) is 7.34. The van der Waals surface area contributed by atoms with Crippen LogP contribution in [0.4, 0.5) is 0 Å². The number of ether oxygens (including phenoxy) is 1. The molecule has 0 bridgehead atoms. The van der Waals surface area contributed by atoms with Crippen LogP contribution in [-0.4, -0.2) is 38.3 Å². The minimum atomic E-state index is 0.650. The zero-order chi connectivity index (χ0) is 10.8. The van der Waals surface area contributed by atoms with E-state index in [4.69, 9.17) is 4.74 Å². The van der Waals surface area contributed by atoms with Crippen LogP contribution in [-0.2, 0) is 4.74 Å². The van der Waals surface area contributed by atoms with Crippen LogP contribution < -0.4 is 0 Å². The number of methoxy groups -OCH3 is 1. The minimum absolute atomic E-state index is 0.650. The first-order valence-corrected chi connectivity index (χ1v) is 5.91. The summed E-state index contributed by atoms with van der Waals surface area (Å²) in [4.78, 5) is 2.44. The molecule has 0 aliphatic rings. The first-order valence-electron chi connectivity index (χ1n) is 5.91. The average molecular weight is 201 g/mol. The molecule has 2 nitrogen and oxygen atoms in total. The molecule has 0 amide bonds. The highest BCUT2D eigenvalue weighted by atomic mass is 16.5. The lowest BCUT2D eigenvalue weighted by Crippen LogP contribution is -2.30. The normalized spacial score (nSPS) is 13.5. The molecule has 0 spiro atoms. The van der Waals surface area contributed by atoms with Crippen LogP contribution in [0.5, 0.6) is 0 Å². The zero-order valence-electron chi connectivity index (χ0n) is 10.4. The van der Waals surface area contributed by atoms with Crippen molar-refractivity contribution in [3.63, 3.8) is 0 Å². The Bertz CT molecular complexity index is 117. The van der Waals surface area contributed by atoms with E-state index in [9.17, 15) is 0 Å². The molecule has 14 heavy (non-hydrogen) atoms. The summed E-state index contributed by atoms with van der Waals surface area (Å²) in [5.41, 5.74) is 0. The van der Waals surface area contributed by atoms with Gasteiger partial charge in [0.15, 0.2) is 0 Å². The van der Waals surface area contributed by atoms with Crippen LogP contribution in [0.2, 0.25) is 0 Å². The predicted octanol–water partition coefficient (Wildman–Crippen LogP) is 2.92. The van der Waals surface area contributed by atoms with Crippen molar-refractivity contribution in [1.29, 1.82) is 0 Å². The Balaban J connectivity index is 3.36. The van der Waals surface area contributed by atoms with Crippen LogP contribution in [0.1, 0.15) is 46.0 Å². The quantitative estimate of drug-likeness (QED) is 0.532. The van der Waals surface area contributed by atoms with Gasteiger partial charge in [-0.2, -0.15) is 0 Å². The zero-order valence-corrected chi connectivity index (χ0v) is 10.4. The highest BCUT2D eigenvalue weighted by molar-refractivity contribution is 4.62. The summed E-state index contributed by atoms with van der Waals surface area (Å²) < 4.78 is 5.08. The van der Waals surface area contributed by atoms with Crippen LogP contribution in [0, 0.1) is 0 Å². The van der Waals surface area contributed by atoms with Gasteiger partial charge in [0, 0.05) is 19.8 Å². The Hall–Kier alpha value is -0.0800. The lowest BCUT2D eigenvalue weighted by molar-refractivity contribution is 0.152. The number of unbranched alkanes of at least 4 members (excludes halogenated alkanes) is 3. The molecule has 0 N–H and O–H groups in total. The van der Waals surface area contributed by atoms with E-state index in [1.54, 1.807) is 7.11 Å². The van der Waals surface area contributed by atoms with E-state index in [-0.39, 0.29) is 0 Å². The van der Waals surface area contributed by atoms with E-state index in [2.05, 4.69) is 25.8 Å². The van der Waals surface area contributed by atoms with Crippen LogP contribution in [0.25, 0.3) is 0 Å². The maximum Gasteiger partial charge on any atom is 0.0477 e. The summed E-state index contributed by atoms with van der Waals surface area (Å²) in [6.07, 6.45) is 6.55. The molecule has 0 aromatic carbocycles. The fraction of sp³-hybridized carbons (Fsp3) is 1.00. The summed E-state index contributed by atoms with van der Waals surface area (Å²) in [6, 6.07) is 0.650. The largest absolute Gasteiger partial charge is 0.385 e. The summed E-state index contributed by atoms with van der Waals surface area (Å²) in [5.74, 6) is 0. The standard InChI is InChI=1S/C12H27NO/c1-5-6-7-8-10-13(3)12(2)9-11-14-4/h12H,5-11H2,1-4H3/t12-/m1/s1. The van der Waals surface area contributed by atoms with E-state index in [1.165, 1.54) is 32.2 Å². The fourth-order valence-corrected chi connectivity index (χ4v) is 1.52. The highest BCUT2D eigenvalue weighted by Crippen LogP contribution is 2.05. The predicted molar refractivity (Wildman–Crippen MR) is 62.7 cm³/mol. The minimum Gasteiger partial charge on any atom is -0.385 e. The Morgan fingerprint density at radius 1 is 1.21 bits per heavy atom. The second kappa shape index (κ2) is 9.47. The fourth-order valence-electron chi connectivity index (χ4n) is 1.52. The summed E-state index contributed by atoms with van der Waals surface area (Å²) in [7, 11) is 3.99. The monoisotopic (exact) mass is 201 g/mol. The molecule has 0 aliphatic carbocycles. The van der Waals surface area contributed by atoms with E-state index in [0.29, 0.717) is 6.04 Å². The van der Waals surface area contributed by atoms with Gasteiger partial charge in [-0.3, -0.25) is 0 Å². The number of nitrogens with zero attached hydrogens (tertiary/aromatic N) is 1. The van der Waals surface area contributed by atoms with E-state index >= 15 is 0 Å². The van der Waals surface area contributed by atoms with Crippen molar-refractivity contribution in [2.75, 3.05) is 27.3 Å². The van der Waals surface area contributed by atoms with E-state index in [1.807, 2.05) is 0 Å². The lowest BCUT2D eigenvalue weighted by atomic mass is 10.1. The van der Waals surface area contributed by atoms with Gasteiger partial charge in [-0.15, -0.1) is 0 Å². The molecule has 0 radical (unpaired) electrons. The molecular weight excluding hydrogens is 174 g/mol. The first-order chi connectivity index (χ1) is 6.72. The SMILES string of the molecule is CCCCCCN(C)[C@H](C)CCOC. The topological polar surface area (TPSA) is 12.5 Å². The van der Waals surface area contributed by atoms with Crippen LogP contribution in [0.15, 0.2) is 0 Å². The Labute approximate surface area is 89.6 Å². The van der Waals surface area contributed by atoms with Gasteiger partial charge >= 0.3 is 0 Å². The smallest absolute Gasteiger partial charge is 0.0477 e. The van der Waals surface area contributed by atoms with Gasteiger partial charge in [0.05, 0.1) is 0 Å². The molecule has 2 heteroatoms. The maximum atomic E-state index is 5.08. The van der Waals surface area contributed by atoms with Gasteiger partial charge in [0.2, 0.25) is 0 Å². The molecule has 0 fully saturated rings. The third-order valence-corrected chi connectivity index (χ3v) is 2.86. The second-order valence-corrected chi connectivity index (χ2v) is 4.17. The third-order valence-electron chi connectivity index (χ3n) is 2.86. The van der Waals surface area contributed by atoms with Gasteiger partial charge in [-0.1, -0.05) is 26.2 Å². The molecule has 1 atom stereocenters. The number of hydrogen-bond acceptors (Lipinski definition) is 2. The van der Waals surface area contributed by atoms with Gasteiger partial charge < -0.3 is 9.64 Å². The Morgan fingerprint density at radius 2 is 1.93 bits per heavy atom. The second-order valence-electron chi connectivity index (χ2n) is 4.17. The van der Waals surface area contributed by atoms with E-state index < -0.39 is 0 Å². The molecule has 0 heterocycles. The van der Waals surface area contributed by atoms with Crippen molar-refractivity contribution in [3.8, 4) is 0 Å². The first kappa shape index (κ1) is 13.9. The molecule has 0 rings (SSSR count). The van der Waals surface area contributed by atoms with E-state index in [0.717, 1.165) is 13.0 Å². The molecule has 0 aromatic rings. The summed E-state index contributed by atoms with van der Waals surface area (Å²) in [5, 5.41) is 0. The molecule has 0 saturated carbocycles. The van der Waals surface area contributed by atoms with Crippen LogP contribution >= 0.6 is 0 Å². The van der Waals surface area contributed by atoms with Crippen molar-refractivity contribution < 1.29 is 4.74 Å². The summed E-state index contributed by atoms with van der Waals surface area (Å²) in [6.45, 7) is 6.63. The van der Waals surface area contributed by atoms with Crippen molar-refractivity contribution in [2.24, 2.45) is 0 Å². The lowest BCUT2D eigenvalue weighted by Gasteiger charge is -2.24. The van der Waals surface area contributed by atoms with Crippen molar-refractivity contribution in [3.05, 3.63) is 0 Å². The summed E-state index contributed by atoms with van der Waals surface area (Å²) >= 11 is 0. The van der Waals surface area contributed by atoms with Gasteiger partial charge in [-0.05, 0) is 33.4 Å². The van der Waals surface area contributed by atoms with Crippen molar-refractivity contribution in [2.45, 2.75) is 52.0 Å². The highest BCUT2D eigenvalue weighted by Gasteiger charge is 2.07. The van der Waals surface area contributed by atoms with Crippen molar-refractivity contribution in [1.82, 2.24) is 4.90 Å². The Kier molecular flexibility index (Phi) is 9.42. The molecule has 0 saturated heterocycles. The van der Waals surface area contributed by atoms with Gasteiger partial charge in [0.1, 0.15) is 0 Å². The number of hydrogen-bond donors (Lipinski definition) is 0. The average Bonchev–Trinajstić information content (AvgIpc) is 2.20. The van der Waals surface area contributed by atoms with Gasteiger partial charge in [-0.25, -0.2) is 0 Å². The number of rotatable bonds is 9. The molecule has 0 aliphatic heterocycles. The van der Waals surface area contributed by atoms with Crippen molar-refractivity contribution >= 4 is 0 Å². The molecule has 0 aromatic heterocycles. The van der Waals surface area contributed by atoms with Crippen LogP contribution in [0.3, 0.4) is 0 Å². The molecular formula is C12H27NO. The van der Waals surface area contributed by atoms with Gasteiger partial charge in [0.25, 0.3) is 0 Å². The molecule has 0 unspecified atom stereocenters. The Morgan fingerprint density at radius 3 is 2.50 bits per heavy atom. The maximum absolute atomic E-state index is 5.08.